The number of nitrogens with one attached hydrogen (secondary N) is 1. The van der Waals surface area contributed by atoms with E-state index in [1.165, 1.54) is 18.3 Å². The minimum Gasteiger partial charge on any atom is -0.494 e. The van der Waals surface area contributed by atoms with Crippen molar-refractivity contribution in [2.75, 3.05) is 6.61 Å². The second-order valence-electron chi connectivity index (χ2n) is 7.82. The van der Waals surface area contributed by atoms with Gasteiger partial charge in [-0.15, -0.1) is 0 Å². The lowest BCUT2D eigenvalue weighted by atomic mass is 9.94. The van der Waals surface area contributed by atoms with Gasteiger partial charge in [0.15, 0.2) is 5.78 Å². The minimum atomic E-state index is -0.900. The molecule has 0 saturated heterocycles. The smallest absolute Gasteiger partial charge is 0.261 e. The highest BCUT2D eigenvalue weighted by molar-refractivity contribution is 6.26. The number of imide groups is 1. The molecule has 188 valence electrons. The quantitative estimate of drug-likeness (QED) is 0.234. The summed E-state index contributed by atoms with van der Waals surface area (Å²) >= 11 is 0. The van der Waals surface area contributed by atoms with Crippen molar-refractivity contribution in [3.8, 4) is 22.8 Å². The van der Waals surface area contributed by atoms with Crippen LogP contribution in [-0.4, -0.2) is 34.2 Å². The van der Waals surface area contributed by atoms with Gasteiger partial charge in [0.1, 0.15) is 12.4 Å². The van der Waals surface area contributed by atoms with Gasteiger partial charge in [-0.3, -0.25) is 24.7 Å². The Bertz CT molecular complexity index is 1380. The first-order valence-corrected chi connectivity index (χ1v) is 11.4. The number of nitrogens with zero attached hydrogens (tertiary/aromatic N) is 2. The maximum absolute atomic E-state index is 12.3. The zero-order valence-electron chi connectivity index (χ0n) is 20.7. The molecule has 0 radical (unpaired) electrons. The van der Waals surface area contributed by atoms with Gasteiger partial charge in [0.2, 0.25) is 5.88 Å². The maximum Gasteiger partial charge on any atom is 0.261 e. The van der Waals surface area contributed by atoms with Gasteiger partial charge in [0, 0.05) is 29.7 Å². The van der Waals surface area contributed by atoms with Crippen LogP contribution in [-0.2, 0) is 16.2 Å². The van der Waals surface area contributed by atoms with E-state index in [1.54, 1.807) is 12.3 Å². The van der Waals surface area contributed by atoms with Crippen LogP contribution in [0.25, 0.3) is 17.2 Å². The van der Waals surface area contributed by atoms with E-state index in [0.29, 0.717) is 6.61 Å². The average Bonchev–Trinajstić information content (AvgIpc) is 2.91. The van der Waals surface area contributed by atoms with Crippen LogP contribution >= 0.6 is 0 Å². The number of rotatable bonds is 11. The number of carbonyl (C=O) groups excluding carboxylic acids is 3. The molecule has 0 bridgehead atoms. The molecule has 0 saturated carbocycles. The lowest BCUT2D eigenvalue weighted by Gasteiger charge is -2.16. The Morgan fingerprint density at radius 2 is 1.84 bits per heavy atom. The predicted molar refractivity (Wildman–Crippen MR) is 141 cm³/mol. The SMILES string of the molecule is C=CC(=O)C(=C)C(=O)NC(=O)c1ccc(OCc2ccc(OCC)cc2-c2c(C=C)ccnc2C)nc1. The summed E-state index contributed by atoms with van der Waals surface area (Å²) in [6.45, 7) is 15.1. The molecule has 3 aromatic rings. The van der Waals surface area contributed by atoms with Gasteiger partial charge in [0.05, 0.1) is 17.7 Å². The number of hydrogen-bond donors (Lipinski definition) is 1. The molecular formula is C29H27N3O5. The summed E-state index contributed by atoms with van der Waals surface area (Å²) in [5.41, 5.74) is 4.21. The van der Waals surface area contributed by atoms with E-state index in [0.717, 1.165) is 39.8 Å². The van der Waals surface area contributed by atoms with E-state index in [4.69, 9.17) is 9.47 Å². The van der Waals surface area contributed by atoms with Crippen LogP contribution in [0.3, 0.4) is 0 Å². The molecule has 8 nitrogen and oxygen atoms in total. The third-order valence-corrected chi connectivity index (χ3v) is 5.41. The first-order valence-electron chi connectivity index (χ1n) is 11.4. The summed E-state index contributed by atoms with van der Waals surface area (Å²) in [5.74, 6) is -1.29. The molecule has 8 heteroatoms. The molecule has 0 aliphatic heterocycles. The number of ether oxygens (including phenoxy) is 2. The van der Waals surface area contributed by atoms with Gasteiger partial charge in [-0.25, -0.2) is 4.98 Å². The van der Waals surface area contributed by atoms with E-state index in [1.807, 2.05) is 38.1 Å². The molecule has 2 aromatic heterocycles. The van der Waals surface area contributed by atoms with Crippen LogP contribution in [0.5, 0.6) is 11.6 Å². The Labute approximate surface area is 215 Å². The van der Waals surface area contributed by atoms with Crippen LogP contribution in [0.1, 0.15) is 34.1 Å². The Hall–Kier alpha value is -4.85. The van der Waals surface area contributed by atoms with E-state index >= 15 is 0 Å². The summed E-state index contributed by atoms with van der Waals surface area (Å²) in [6, 6.07) is 10.6. The molecule has 2 heterocycles. The first-order chi connectivity index (χ1) is 17.8. The second kappa shape index (κ2) is 12.2. The van der Waals surface area contributed by atoms with Crippen LogP contribution in [0.15, 0.2) is 80.2 Å². The Morgan fingerprint density at radius 1 is 1.05 bits per heavy atom. The molecule has 3 rings (SSSR count). The van der Waals surface area contributed by atoms with Crippen LogP contribution in [0, 0.1) is 6.92 Å². The van der Waals surface area contributed by atoms with Gasteiger partial charge in [-0.2, -0.15) is 0 Å². The number of ketones is 1. The molecular weight excluding hydrogens is 470 g/mol. The van der Waals surface area contributed by atoms with E-state index in [2.05, 4.69) is 35.0 Å². The van der Waals surface area contributed by atoms with Gasteiger partial charge < -0.3 is 9.47 Å². The van der Waals surface area contributed by atoms with E-state index in [9.17, 15) is 14.4 Å². The molecule has 0 aliphatic rings. The lowest BCUT2D eigenvalue weighted by molar-refractivity contribution is -0.120. The third-order valence-electron chi connectivity index (χ3n) is 5.41. The van der Waals surface area contributed by atoms with Crippen molar-refractivity contribution in [3.05, 3.63) is 103 Å². The molecule has 0 fully saturated rings. The normalized spacial score (nSPS) is 10.2. The maximum atomic E-state index is 12.3. The number of allylic oxidation sites excluding steroid dienone is 1. The zero-order valence-corrected chi connectivity index (χ0v) is 20.7. The molecule has 37 heavy (non-hydrogen) atoms. The average molecular weight is 498 g/mol. The van der Waals surface area contributed by atoms with Gasteiger partial charge >= 0.3 is 0 Å². The Balaban J connectivity index is 1.79. The third kappa shape index (κ3) is 6.43. The summed E-state index contributed by atoms with van der Waals surface area (Å²) in [5, 5.41) is 2.09. The molecule has 1 N–H and O–H groups in total. The van der Waals surface area contributed by atoms with Crippen molar-refractivity contribution >= 4 is 23.7 Å². The zero-order chi connectivity index (χ0) is 26.9. The standard InChI is InChI=1S/C29H27N3O5/c1-6-20-13-14-30-19(5)27(20)24-15-23(36-8-3)11-9-22(24)17-37-26-12-10-21(16-31-26)29(35)32-28(34)18(4)25(33)7-2/h6-7,9-16H,1-2,4,8,17H2,3,5H3,(H,32,34,35). The summed E-state index contributed by atoms with van der Waals surface area (Å²) < 4.78 is 11.6. The molecule has 0 spiro atoms. The molecule has 2 amide bonds. The van der Waals surface area contributed by atoms with Gasteiger partial charge in [0.25, 0.3) is 11.8 Å². The molecule has 1 aromatic carbocycles. The lowest BCUT2D eigenvalue weighted by Crippen LogP contribution is -2.33. The fraction of sp³-hybridized carbons (Fsp3) is 0.138. The van der Waals surface area contributed by atoms with Crippen molar-refractivity contribution in [3.63, 3.8) is 0 Å². The highest BCUT2D eigenvalue weighted by Gasteiger charge is 2.18. The van der Waals surface area contributed by atoms with Crippen molar-refractivity contribution in [2.45, 2.75) is 20.5 Å². The Kier molecular flexibility index (Phi) is 8.83. The van der Waals surface area contributed by atoms with Crippen LogP contribution < -0.4 is 14.8 Å². The van der Waals surface area contributed by atoms with E-state index in [-0.39, 0.29) is 23.6 Å². The van der Waals surface area contributed by atoms with Crippen molar-refractivity contribution in [1.29, 1.82) is 0 Å². The number of aromatic nitrogens is 2. The van der Waals surface area contributed by atoms with Crippen molar-refractivity contribution in [2.24, 2.45) is 0 Å². The number of amides is 2. The second-order valence-corrected chi connectivity index (χ2v) is 7.82. The summed E-state index contributed by atoms with van der Waals surface area (Å²) in [6.07, 6.45) is 5.74. The van der Waals surface area contributed by atoms with Gasteiger partial charge in [-0.05, 0) is 60.9 Å². The van der Waals surface area contributed by atoms with Crippen LogP contribution in [0.4, 0.5) is 0 Å². The summed E-state index contributed by atoms with van der Waals surface area (Å²) in [7, 11) is 0. The monoisotopic (exact) mass is 497 g/mol. The van der Waals surface area contributed by atoms with Crippen molar-refractivity contribution < 1.29 is 23.9 Å². The number of pyridine rings is 2. The largest absolute Gasteiger partial charge is 0.494 e. The molecule has 0 aliphatic carbocycles. The van der Waals surface area contributed by atoms with Gasteiger partial charge in [-0.1, -0.05) is 31.9 Å². The number of aryl methyl sites for hydroxylation is 1. The topological polar surface area (TPSA) is 107 Å². The summed E-state index contributed by atoms with van der Waals surface area (Å²) in [4.78, 5) is 44.4. The van der Waals surface area contributed by atoms with Crippen LogP contribution in [0.2, 0.25) is 0 Å². The first kappa shape index (κ1) is 26.7. The van der Waals surface area contributed by atoms with E-state index < -0.39 is 17.6 Å². The fourth-order valence-electron chi connectivity index (χ4n) is 3.51. The minimum absolute atomic E-state index is 0.114. The number of carbonyl (C=O) groups is 3. The predicted octanol–water partition coefficient (Wildman–Crippen LogP) is 4.64. The van der Waals surface area contributed by atoms with Crippen molar-refractivity contribution in [1.82, 2.24) is 15.3 Å². The highest BCUT2D eigenvalue weighted by atomic mass is 16.5. The number of hydrogen-bond acceptors (Lipinski definition) is 7. The molecule has 0 atom stereocenters. The molecule has 0 unspecified atom stereocenters. The number of benzene rings is 1. The highest BCUT2D eigenvalue weighted by Crippen LogP contribution is 2.33. The fourth-order valence-corrected chi connectivity index (χ4v) is 3.51. The Morgan fingerprint density at radius 3 is 2.49 bits per heavy atom.